The first-order valence-corrected chi connectivity index (χ1v) is 10.0. The van der Waals surface area contributed by atoms with E-state index < -0.39 is 0 Å². The van der Waals surface area contributed by atoms with E-state index in [1.54, 1.807) is 47.4 Å². The topological polar surface area (TPSA) is 80.1 Å². The number of hydrogen-bond donors (Lipinski definition) is 1. The number of halogens is 1. The van der Waals surface area contributed by atoms with Crippen LogP contribution >= 0.6 is 15.9 Å². The standard InChI is InChI=1S/C22H22BrN5O2/c1-15(29)27(2)13-17-10-19(5-6-21(17)23)26-22(30)7-4-16-11-24-9-8-20(16)18-12-25-28(3)14-18/h4-12,14H,13H2,1-3H3,(H,26,30)/b7-4+. The van der Waals surface area contributed by atoms with Crippen molar-refractivity contribution in [2.24, 2.45) is 7.05 Å². The van der Waals surface area contributed by atoms with Crippen molar-refractivity contribution in [3.63, 3.8) is 0 Å². The molecule has 0 saturated carbocycles. The minimum absolute atomic E-state index is 0.0276. The van der Waals surface area contributed by atoms with Crippen molar-refractivity contribution < 1.29 is 9.59 Å². The summed E-state index contributed by atoms with van der Waals surface area (Å²) >= 11 is 3.49. The maximum atomic E-state index is 12.5. The molecule has 0 bridgehead atoms. The van der Waals surface area contributed by atoms with E-state index in [0.717, 1.165) is 26.7 Å². The molecule has 1 N–H and O–H groups in total. The highest BCUT2D eigenvalue weighted by Crippen LogP contribution is 2.24. The Kier molecular flexibility index (Phi) is 6.79. The first kappa shape index (κ1) is 21.4. The van der Waals surface area contributed by atoms with Crippen LogP contribution in [0.2, 0.25) is 0 Å². The van der Waals surface area contributed by atoms with Gasteiger partial charge in [-0.1, -0.05) is 15.9 Å². The van der Waals surface area contributed by atoms with E-state index in [1.807, 2.05) is 31.4 Å². The van der Waals surface area contributed by atoms with Crippen LogP contribution in [0.5, 0.6) is 0 Å². The molecule has 3 aromatic rings. The van der Waals surface area contributed by atoms with Crippen LogP contribution in [0.25, 0.3) is 17.2 Å². The number of aryl methyl sites for hydroxylation is 1. The second-order valence-electron chi connectivity index (χ2n) is 6.87. The third kappa shape index (κ3) is 5.42. The Morgan fingerprint density at radius 1 is 1.27 bits per heavy atom. The number of carbonyl (C=O) groups is 2. The number of hydrogen-bond acceptors (Lipinski definition) is 4. The summed E-state index contributed by atoms with van der Waals surface area (Å²) in [7, 11) is 3.59. The number of aromatic nitrogens is 3. The zero-order chi connectivity index (χ0) is 21.7. The van der Waals surface area contributed by atoms with E-state index in [1.165, 1.54) is 13.0 Å². The van der Waals surface area contributed by atoms with Crippen LogP contribution < -0.4 is 5.32 Å². The van der Waals surface area contributed by atoms with E-state index in [2.05, 4.69) is 31.3 Å². The predicted molar refractivity (Wildman–Crippen MR) is 120 cm³/mol. The molecule has 2 aromatic heterocycles. The molecule has 0 atom stereocenters. The Bertz CT molecular complexity index is 1110. The van der Waals surface area contributed by atoms with Gasteiger partial charge in [0.05, 0.1) is 6.20 Å². The van der Waals surface area contributed by atoms with Gasteiger partial charge in [-0.25, -0.2) is 0 Å². The van der Waals surface area contributed by atoms with Gasteiger partial charge < -0.3 is 10.2 Å². The van der Waals surface area contributed by atoms with Gasteiger partial charge in [0.15, 0.2) is 0 Å². The Hall–Kier alpha value is -3.26. The lowest BCUT2D eigenvalue weighted by molar-refractivity contribution is -0.128. The van der Waals surface area contributed by atoms with Crippen molar-refractivity contribution in [3.05, 3.63) is 70.7 Å². The molecule has 1 aromatic carbocycles. The fourth-order valence-electron chi connectivity index (χ4n) is 2.85. The smallest absolute Gasteiger partial charge is 0.248 e. The Morgan fingerprint density at radius 2 is 2.07 bits per heavy atom. The van der Waals surface area contributed by atoms with Crippen LogP contribution in [0.4, 0.5) is 5.69 Å². The maximum absolute atomic E-state index is 12.5. The molecule has 8 heteroatoms. The first-order chi connectivity index (χ1) is 14.3. The van der Waals surface area contributed by atoms with Crippen molar-refractivity contribution in [1.82, 2.24) is 19.7 Å². The summed E-state index contributed by atoms with van der Waals surface area (Å²) in [6, 6.07) is 7.39. The molecule has 154 valence electrons. The van der Waals surface area contributed by atoms with E-state index >= 15 is 0 Å². The number of anilines is 1. The highest BCUT2D eigenvalue weighted by Gasteiger charge is 2.09. The molecule has 0 unspecified atom stereocenters. The molecule has 2 amide bonds. The van der Waals surface area contributed by atoms with Gasteiger partial charge >= 0.3 is 0 Å². The molecule has 0 aliphatic rings. The Morgan fingerprint density at radius 3 is 2.77 bits per heavy atom. The minimum atomic E-state index is -0.260. The summed E-state index contributed by atoms with van der Waals surface area (Å²) in [6.07, 6.45) is 10.3. The number of benzene rings is 1. The summed E-state index contributed by atoms with van der Waals surface area (Å²) in [6.45, 7) is 1.96. The van der Waals surface area contributed by atoms with Gasteiger partial charge in [-0.05, 0) is 41.5 Å². The van der Waals surface area contributed by atoms with Crippen LogP contribution in [0.15, 0.2) is 59.6 Å². The van der Waals surface area contributed by atoms with Crippen LogP contribution in [0, 0.1) is 0 Å². The lowest BCUT2D eigenvalue weighted by Crippen LogP contribution is -2.23. The van der Waals surface area contributed by atoms with Gasteiger partial charge in [0, 0.05) is 73.5 Å². The van der Waals surface area contributed by atoms with Crippen LogP contribution in [0.1, 0.15) is 18.1 Å². The number of amides is 2. The largest absolute Gasteiger partial charge is 0.342 e. The normalized spacial score (nSPS) is 10.9. The van der Waals surface area contributed by atoms with Crippen molar-refractivity contribution in [2.45, 2.75) is 13.5 Å². The fraction of sp³-hybridized carbons (Fsp3) is 0.182. The van der Waals surface area contributed by atoms with Crippen molar-refractivity contribution >= 4 is 39.5 Å². The van der Waals surface area contributed by atoms with Gasteiger partial charge in [0.2, 0.25) is 11.8 Å². The summed E-state index contributed by atoms with van der Waals surface area (Å²) in [5.74, 6) is -0.288. The summed E-state index contributed by atoms with van der Waals surface area (Å²) in [5, 5.41) is 7.05. The van der Waals surface area contributed by atoms with Gasteiger partial charge in [-0.3, -0.25) is 19.3 Å². The SMILES string of the molecule is CC(=O)N(C)Cc1cc(NC(=O)/C=C/c2cnccc2-c2cnn(C)c2)ccc1Br. The van der Waals surface area contributed by atoms with Gasteiger partial charge in [-0.2, -0.15) is 5.10 Å². The molecule has 0 aliphatic carbocycles. The van der Waals surface area contributed by atoms with Crippen molar-refractivity contribution in [2.75, 3.05) is 12.4 Å². The van der Waals surface area contributed by atoms with E-state index in [-0.39, 0.29) is 11.8 Å². The number of nitrogens with zero attached hydrogens (tertiary/aromatic N) is 4. The molecule has 30 heavy (non-hydrogen) atoms. The lowest BCUT2D eigenvalue weighted by Gasteiger charge is -2.16. The number of carbonyl (C=O) groups excluding carboxylic acids is 2. The second kappa shape index (κ2) is 9.49. The molecule has 0 aliphatic heterocycles. The molecule has 0 saturated heterocycles. The zero-order valence-electron chi connectivity index (χ0n) is 17.0. The molecule has 0 spiro atoms. The molecule has 0 fully saturated rings. The van der Waals surface area contributed by atoms with Gasteiger partial charge in [0.1, 0.15) is 0 Å². The van der Waals surface area contributed by atoms with Gasteiger partial charge in [-0.15, -0.1) is 0 Å². The average molecular weight is 468 g/mol. The lowest BCUT2D eigenvalue weighted by atomic mass is 10.0. The third-order valence-electron chi connectivity index (χ3n) is 4.54. The fourth-order valence-corrected chi connectivity index (χ4v) is 3.22. The number of rotatable bonds is 6. The van der Waals surface area contributed by atoms with Crippen LogP contribution in [-0.4, -0.2) is 38.5 Å². The van der Waals surface area contributed by atoms with Crippen molar-refractivity contribution in [1.29, 1.82) is 0 Å². The number of pyridine rings is 1. The van der Waals surface area contributed by atoms with E-state index in [9.17, 15) is 9.59 Å². The molecular weight excluding hydrogens is 446 g/mol. The summed E-state index contributed by atoms with van der Waals surface area (Å²) in [4.78, 5) is 29.7. The highest BCUT2D eigenvalue weighted by atomic mass is 79.9. The first-order valence-electron chi connectivity index (χ1n) is 9.25. The minimum Gasteiger partial charge on any atom is -0.342 e. The van der Waals surface area contributed by atoms with Crippen LogP contribution in [0.3, 0.4) is 0 Å². The molecule has 0 radical (unpaired) electrons. The molecular formula is C22H22BrN5O2. The Balaban J connectivity index is 1.74. The highest BCUT2D eigenvalue weighted by molar-refractivity contribution is 9.10. The van der Waals surface area contributed by atoms with Crippen molar-refractivity contribution in [3.8, 4) is 11.1 Å². The van der Waals surface area contributed by atoms with E-state index in [4.69, 9.17) is 0 Å². The monoisotopic (exact) mass is 467 g/mol. The summed E-state index contributed by atoms with van der Waals surface area (Å²) < 4.78 is 2.60. The van der Waals surface area contributed by atoms with E-state index in [0.29, 0.717) is 12.2 Å². The quantitative estimate of drug-likeness (QED) is 0.557. The molecule has 2 heterocycles. The number of nitrogens with one attached hydrogen (secondary N) is 1. The second-order valence-corrected chi connectivity index (χ2v) is 7.72. The van der Waals surface area contributed by atoms with Gasteiger partial charge in [0.25, 0.3) is 0 Å². The third-order valence-corrected chi connectivity index (χ3v) is 5.31. The average Bonchev–Trinajstić information content (AvgIpc) is 3.15. The Labute approximate surface area is 183 Å². The molecule has 3 rings (SSSR count). The molecule has 7 nitrogen and oxygen atoms in total. The summed E-state index contributed by atoms with van der Waals surface area (Å²) in [5.41, 5.74) is 4.27. The maximum Gasteiger partial charge on any atom is 0.248 e. The van der Waals surface area contributed by atoms with Crippen LogP contribution in [-0.2, 0) is 23.2 Å². The zero-order valence-corrected chi connectivity index (χ0v) is 18.5. The predicted octanol–water partition coefficient (Wildman–Crippen LogP) is 3.87.